The van der Waals surface area contributed by atoms with Crippen molar-refractivity contribution in [3.8, 4) is 5.75 Å². The fourth-order valence-corrected chi connectivity index (χ4v) is 2.60. The van der Waals surface area contributed by atoms with Crippen molar-refractivity contribution in [3.63, 3.8) is 0 Å². The number of halogens is 2. The second kappa shape index (κ2) is 7.68. The number of amides is 1. The quantitative estimate of drug-likeness (QED) is 0.831. The van der Waals surface area contributed by atoms with Gasteiger partial charge in [-0.3, -0.25) is 4.79 Å². The van der Waals surface area contributed by atoms with Crippen molar-refractivity contribution < 1.29 is 9.53 Å². The number of ether oxygens (including phenoxy) is 1. The van der Waals surface area contributed by atoms with Crippen LogP contribution in [-0.2, 0) is 4.79 Å². The number of fused-ring (bicyclic) bond motifs is 1. The third-order valence-electron chi connectivity index (χ3n) is 3.61. The summed E-state index contributed by atoms with van der Waals surface area (Å²) in [5, 5.41) is 6.83. The normalized spacial score (nSPS) is 16.4. The first-order valence-corrected chi connectivity index (χ1v) is 7.40. The average molecular weight is 341 g/mol. The van der Waals surface area contributed by atoms with E-state index in [1.54, 1.807) is 12.1 Å². The largest absolute Gasteiger partial charge is 0.488 e. The maximum atomic E-state index is 12.2. The Hall–Kier alpha value is -1.49. The minimum absolute atomic E-state index is 0. The van der Waals surface area contributed by atoms with E-state index in [9.17, 15) is 4.79 Å². The molecule has 2 aliphatic rings. The maximum Gasteiger partial charge on any atom is 0.250 e. The monoisotopic (exact) mass is 340 g/mol. The maximum absolute atomic E-state index is 12.2. The van der Waals surface area contributed by atoms with Gasteiger partial charge < -0.3 is 15.4 Å². The summed E-state index contributed by atoms with van der Waals surface area (Å²) < 4.78 is 5.59. The van der Waals surface area contributed by atoms with Crippen molar-refractivity contribution in [1.82, 2.24) is 10.6 Å². The summed E-state index contributed by atoms with van der Waals surface area (Å²) in [5.74, 6) is 0.678. The fourth-order valence-electron chi connectivity index (χ4n) is 2.42. The predicted molar refractivity (Wildman–Crippen MR) is 90.8 cm³/mol. The van der Waals surface area contributed by atoms with Crippen LogP contribution in [0.15, 0.2) is 35.4 Å². The zero-order valence-corrected chi connectivity index (χ0v) is 13.6. The van der Waals surface area contributed by atoms with Gasteiger partial charge in [0.15, 0.2) is 0 Å². The van der Waals surface area contributed by atoms with E-state index in [0.717, 1.165) is 30.8 Å². The molecule has 1 aromatic carbocycles. The molecule has 0 fully saturated rings. The lowest BCUT2D eigenvalue weighted by Crippen LogP contribution is -2.32. The average Bonchev–Trinajstić information content (AvgIpc) is 2.53. The van der Waals surface area contributed by atoms with Gasteiger partial charge in [-0.2, -0.15) is 0 Å². The van der Waals surface area contributed by atoms with E-state index in [0.29, 0.717) is 23.7 Å². The van der Waals surface area contributed by atoms with E-state index >= 15 is 0 Å². The number of hydrogen-bond acceptors (Lipinski definition) is 3. The van der Waals surface area contributed by atoms with E-state index in [-0.39, 0.29) is 18.3 Å². The number of benzene rings is 1. The van der Waals surface area contributed by atoms with Crippen molar-refractivity contribution in [2.45, 2.75) is 6.42 Å². The number of carbonyl (C=O) groups is 1. The van der Waals surface area contributed by atoms with E-state index in [1.807, 2.05) is 12.1 Å². The van der Waals surface area contributed by atoms with E-state index < -0.39 is 0 Å². The van der Waals surface area contributed by atoms with Gasteiger partial charge in [0.25, 0.3) is 5.91 Å². The van der Waals surface area contributed by atoms with Crippen LogP contribution in [0.1, 0.15) is 12.0 Å². The third kappa shape index (κ3) is 4.03. The molecule has 0 saturated heterocycles. The Balaban J connectivity index is 0.00000176. The van der Waals surface area contributed by atoms with Gasteiger partial charge in [-0.1, -0.05) is 23.3 Å². The van der Waals surface area contributed by atoms with Crippen molar-refractivity contribution in [1.29, 1.82) is 0 Å². The highest BCUT2D eigenvalue weighted by Crippen LogP contribution is 2.28. The molecule has 6 heteroatoms. The molecule has 4 nitrogen and oxygen atoms in total. The van der Waals surface area contributed by atoms with Gasteiger partial charge in [-0.05, 0) is 37.2 Å². The van der Waals surface area contributed by atoms with E-state index in [1.165, 1.54) is 5.57 Å². The highest BCUT2D eigenvalue weighted by Gasteiger charge is 2.17. The molecule has 2 heterocycles. The second-order valence-electron chi connectivity index (χ2n) is 5.14. The molecule has 1 aromatic rings. The summed E-state index contributed by atoms with van der Waals surface area (Å²) in [6.45, 7) is 2.74. The predicted octanol–water partition coefficient (Wildman–Crippen LogP) is 2.57. The lowest BCUT2D eigenvalue weighted by molar-refractivity contribution is -0.117. The molecule has 0 aromatic heterocycles. The molecule has 0 spiro atoms. The van der Waals surface area contributed by atoms with Gasteiger partial charge in [0.2, 0.25) is 0 Å². The summed E-state index contributed by atoms with van der Waals surface area (Å²) in [7, 11) is 0. The van der Waals surface area contributed by atoms with Gasteiger partial charge in [0.1, 0.15) is 12.4 Å². The van der Waals surface area contributed by atoms with Crippen LogP contribution in [0, 0.1) is 0 Å². The van der Waals surface area contributed by atoms with Gasteiger partial charge >= 0.3 is 0 Å². The molecule has 0 bridgehead atoms. The molecule has 0 unspecified atom stereocenters. The van der Waals surface area contributed by atoms with Gasteiger partial charge in [-0.15, -0.1) is 12.4 Å². The van der Waals surface area contributed by atoms with Gasteiger partial charge in [0, 0.05) is 23.7 Å². The molecule has 0 saturated carbocycles. The Kier molecular flexibility index (Phi) is 5.89. The van der Waals surface area contributed by atoms with Crippen LogP contribution in [0.25, 0.3) is 6.08 Å². The molecular formula is C16H18Cl2N2O2. The molecule has 2 N–H and O–H groups in total. The summed E-state index contributed by atoms with van der Waals surface area (Å²) in [5.41, 5.74) is 2.74. The minimum atomic E-state index is -0.0833. The van der Waals surface area contributed by atoms with Crippen LogP contribution in [0.3, 0.4) is 0 Å². The number of carbonyl (C=O) groups excluding carboxylic acids is 1. The van der Waals surface area contributed by atoms with Crippen molar-refractivity contribution >= 4 is 36.0 Å². The second-order valence-corrected chi connectivity index (χ2v) is 5.58. The van der Waals surface area contributed by atoms with Crippen molar-refractivity contribution in [2.24, 2.45) is 0 Å². The van der Waals surface area contributed by atoms with Crippen LogP contribution in [0.5, 0.6) is 5.75 Å². The third-order valence-corrected chi connectivity index (χ3v) is 3.85. The van der Waals surface area contributed by atoms with Crippen molar-refractivity contribution in [2.75, 3.05) is 26.2 Å². The molecule has 118 valence electrons. The fraction of sp³-hybridized carbons (Fsp3) is 0.312. The summed E-state index contributed by atoms with van der Waals surface area (Å²) in [6, 6.07) is 5.41. The van der Waals surface area contributed by atoms with E-state index in [2.05, 4.69) is 16.7 Å². The molecule has 22 heavy (non-hydrogen) atoms. The highest BCUT2D eigenvalue weighted by molar-refractivity contribution is 6.30. The first-order chi connectivity index (χ1) is 10.2. The number of rotatable bonds is 3. The minimum Gasteiger partial charge on any atom is -0.488 e. The Morgan fingerprint density at radius 3 is 3.05 bits per heavy atom. The molecule has 1 amide bonds. The zero-order valence-electron chi connectivity index (χ0n) is 12.0. The topological polar surface area (TPSA) is 50.4 Å². The molecule has 2 aliphatic heterocycles. The van der Waals surface area contributed by atoms with Crippen LogP contribution in [-0.4, -0.2) is 32.1 Å². The first kappa shape index (κ1) is 16.9. The smallest absolute Gasteiger partial charge is 0.250 e. The summed E-state index contributed by atoms with van der Waals surface area (Å²) in [4.78, 5) is 12.2. The molecule has 0 radical (unpaired) electrons. The van der Waals surface area contributed by atoms with Gasteiger partial charge in [0.05, 0.1) is 5.57 Å². The van der Waals surface area contributed by atoms with Crippen LogP contribution >= 0.6 is 24.0 Å². The van der Waals surface area contributed by atoms with Crippen molar-refractivity contribution in [3.05, 3.63) is 46.0 Å². The Morgan fingerprint density at radius 1 is 1.41 bits per heavy atom. The van der Waals surface area contributed by atoms with Crippen LogP contribution < -0.4 is 15.4 Å². The Labute approximate surface area is 141 Å². The van der Waals surface area contributed by atoms with Gasteiger partial charge in [-0.25, -0.2) is 0 Å². The molecule has 3 rings (SSSR count). The number of nitrogens with one attached hydrogen (secondary N) is 2. The molecular weight excluding hydrogens is 323 g/mol. The van der Waals surface area contributed by atoms with Crippen LogP contribution in [0.4, 0.5) is 0 Å². The SMILES string of the molecule is Cl.O=C(NCC1=CCNCC1)C1=Cc2cc(Cl)ccc2OC1. The molecule has 0 atom stereocenters. The lowest BCUT2D eigenvalue weighted by atomic mass is 10.1. The molecule has 0 aliphatic carbocycles. The Bertz CT molecular complexity index is 627. The lowest BCUT2D eigenvalue weighted by Gasteiger charge is -2.19. The zero-order chi connectivity index (χ0) is 14.7. The number of hydrogen-bond donors (Lipinski definition) is 2. The first-order valence-electron chi connectivity index (χ1n) is 7.02. The highest BCUT2D eigenvalue weighted by atomic mass is 35.5. The summed E-state index contributed by atoms with van der Waals surface area (Å²) >= 11 is 5.97. The van der Waals surface area contributed by atoms with Crippen LogP contribution in [0.2, 0.25) is 5.02 Å². The standard InChI is InChI=1S/C16H17ClN2O2.ClH/c17-14-1-2-15-12(8-14)7-13(10-21-15)16(20)19-9-11-3-5-18-6-4-11;/h1-3,7-8,18H,4-6,9-10H2,(H,19,20);1H. The van der Waals surface area contributed by atoms with E-state index in [4.69, 9.17) is 16.3 Å². The summed E-state index contributed by atoms with van der Waals surface area (Å²) in [6.07, 6.45) is 4.95. The Morgan fingerprint density at radius 2 is 2.27 bits per heavy atom.